The van der Waals surface area contributed by atoms with Crippen LogP contribution in [0.1, 0.15) is 43.0 Å². The summed E-state index contributed by atoms with van der Waals surface area (Å²) in [6, 6.07) is 1.27. The number of nitrogens with two attached hydrogens (primary N) is 3. The molecule has 2 saturated heterocycles. The van der Waals surface area contributed by atoms with Gasteiger partial charge in [-0.2, -0.15) is 5.10 Å². The smallest absolute Gasteiger partial charge is 0.242 e. The fourth-order valence-corrected chi connectivity index (χ4v) is 4.63. The number of alkyl halides is 1. The van der Waals surface area contributed by atoms with Crippen LogP contribution < -0.4 is 27.6 Å². The number of hydrogen-bond acceptors (Lipinski definition) is 8. The van der Waals surface area contributed by atoms with E-state index in [1.165, 1.54) is 0 Å². The average molecular weight is 480 g/mol. The van der Waals surface area contributed by atoms with Crippen LogP contribution in [0.2, 0.25) is 0 Å². The molecule has 0 aromatic carbocycles. The number of nitrogens with zero attached hydrogens (tertiary/aromatic N) is 5. The number of carbonyl (C=O) groups is 1. The van der Waals surface area contributed by atoms with Gasteiger partial charge in [0.05, 0.1) is 11.7 Å². The van der Waals surface area contributed by atoms with Gasteiger partial charge in [-0.15, -0.1) is 0 Å². The number of nitrogens with one attached hydrogen (secondary N) is 1. The molecule has 0 radical (unpaired) electrons. The zero-order valence-electron chi connectivity index (χ0n) is 17.2. The average Bonchev–Trinajstić information content (AvgIpc) is 3.37. The monoisotopic (exact) mass is 479 g/mol. The number of carbonyl (C=O) groups excluding carboxylic acids is 1. The highest BCUT2D eigenvalue weighted by atomic mass is 79.9. The first-order valence-electron chi connectivity index (χ1n) is 10.4. The maximum atomic E-state index is 13.0. The molecule has 7 N–H and O–H groups in total. The Morgan fingerprint density at radius 2 is 2.13 bits per heavy atom. The number of fused-ring (bicyclic) bond motifs is 1. The first-order valence-corrected chi connectivity index (χ1v) is 11.3. The number of hydrazine groups is 1. The quantitative estimate of drug-likeness (QED) is 0.205. The van der Waals surface area contributed by atoms with E-state index in [2.05, 4.69) is 26.3 Å². The van der Waals surface area contributed by atoms with E-state index in [4.69, 9.17) is 27.4 Å². The third-order valence-electron chi connectivity index (χ3n) is 6.04. The Morgan fingerprint density at radius 3 is 2.83 bits per heavy atom. The molecule has 10 nitrogen and oxygen atoms in total. The normalized spacial score (nSPS) is 24.4. The molecule has 4 rings (SSSR count). The van der Waals surface area contributed by atoms with Crippen molar-refractivity contribution in [2.24, 2.45) is 17.3 Å². The number of piperidine rings is 1. The fraction of sp³-hybridized carbons (Fsp3) is 0.632. The van der Waals surface area contributed by atoms with Crippen LogP contribution in [0.15, 0.2) is 12.3 Å². The van der Waals surface area contributed by atoms with E-state index in [0.717, 1.165) is 61.5 Å². The van der Waals surface area contributed by atoms with Crippen LogP contribution in [0.4, 0.5) is 5.82 Å². The molecule has 0 bridgehead atoms. The van der Waals surface area contributed by atoms with Crippen molar-refractivity contribution in [3.8, 4) is 0 Å². The molecule has 2 fully saturated rings. The van der Waals surface area contributed by atoms with E-state index in [9.17, 15) is 4.79 Å². The van der Waals surface area contributed by atoms with Gasteiger partial charge in [0.1, 0.15) is 16.8 Å². The van der Waals surface area contributed by atoms with Crippen molar-refractivity contribution in [2.75, 3.05) is 24.5 Å². The lowest BCUT2D eigenvalue weighted by atomic mass is 9.98. The standard InChI is InChI=1S/C19H30BrN9O/c1-11-9-29-15(24-18(11)27-7-5-12(21)10-27)8-13(26-29)14-4-2-3-6-28(14)19(30)16(22)17(20)25-23/h8-9,12,14,16-17,25H,2-7,10,21-23H2,1H3/t12-,14-,16?,17?/m0/s1. The zero-order chi connectivity index (χ0) is 21.4. The van der Waals surface area contributed by atoms with E-state index in [0.29, 0.717) is 6.54 Å². The maximum absolute atomic E-state index is 13.0. The van der Waals surface area contributed by atoms with Gasteiger partial charge < -0.3 is 21.3 Å². The Hall–Kier alpha value is -1.79. The third kappa shape index (κ3) is 4.04. The molecule has 164 valence electrons. The number of anilines is 1. The topological polar surface area (TPSA) is 144 Å². The summed E-state index contributed by atoms with van der Waals surface area (Å²) in [6.45, 7) is 4.42. The van der Waals surface area contributed by atoms with Gasteiger partial charge in [-0.1, -0.05) is 15.9 Å². The van der Waals surface area contributed by atoms with E-state index in [1.807, 2.05) is 24.1 Å². The summed E-state index contributed by atoms with van der Waals surface area (Å²) in [5.41, 5.74) is 17.4. The highest BCUT2D eigenvalue weighted by Gasteiger charge is 2.35. The van der Waals surface area contributed by atoms with Crippen molar-refractivity contribution in [1.82, 2.24) is 24.9 Å². The molecule has 1 amide bonds. The molecule has 2 unspecified atom stereocenters. The summed E-state index contributed by atoms with van der Waals surface area (Å²) in [6.07, 6.45) is 5.80. The van der Waals surface area contributed by atoms with Crippen molar-refractivity contribution < 1.29 is 4.79 Å². The number of amides is 1. The van der Waals surface area contributed by atoms with Gasteiger partial charge in [0, 0.05) is 43.5 Å². The number of aromatic nitrogens is 3. The Kier molecular flexibility index (Phi) is 6.26. The van der Waals surface area contributed by atoms with Crippen LogP contribution in [-0.4, -0.2) is 62.1 Å². The molecule has 0 aliphatic carbocycles. The summed E-state index contributed by atoms with van der Waals surface area (Å²) in [7, 11) is 0. The summed E-state index contributed by atoms with van der Waals surface area (Å²) < 4.78 is 1.80. The Bertz CT molecular complexity index is 919. The summed E-state index contributed by atoms with van der Waals surface area (Å²) in [5.74, 6) is 6.25. The van der Waals surface area contributed by atoms with E-state index >= 15 is 0 Å². The van der Waals surface area contributed by atoms with Crippen molar-refractivity contribution in [3.63, 3.8) is 0 Å². The Labute approximate surface area is 184 Å². The van der Waals surface area contributed by atoms with Crippen LogP contribution in [0.25, 0.3) is 5.65 Å². The van der Waals surface area contributed by atoms with Crippen molar-refractivity contribution in [2.45, 2.75) is 55.7 Å². The van der Waals surface area contributed by atoms with Crippen molar-refractivity contribution >= 4 is 33.3 Å². The molecule has 11 heteroatoms. The van der Waals surface area contributed by atoms with Crippen LogP contribution in [0.5, 0.6) is 0 Å². The number of likely N-dealkylation sites (tertiary alicyclic amines) is 1. The molecule has 2 aromatic rings. The fourth-order valence-electron chi connectivity index (χ4n) is 4.41. The molecule has 2 aliphatic heterocycles. The predicted octanol–water partition coefficient (Wildman–Crippen LogP) is 0.140. The minimum Gasteiger partial charge on any atom is -0.355 e. The second-order valence-electron chi connectivity index (χ2n) is 8.25. The zero-order valence-corrected chi connectivity index (χ0v) is 18.8. The number of halogens is 1. The third-order valence-corrected chi connectivity index (χ3v) is 6.87. The SMILES string of the molecule is Cc1cn2nc([C@@H]3CCCCN3C(=O)C(N)C(Br)NN)cc2nc1N1CC[C@H](N)C1. The predicted molar refractivity (Wildman–Crippen MR) is 119 cm³/mol. The summed E-state index contributed by atoms with van der Waals surface area (Å²) >= 11 is 3.31. The lowest BCUT2D eigenvalue weighted by molar-refractivity contribution is -0.136. The summed E-state index contributed by atoms with van der Waals surface area (Å²) in [4.78, 5) is 21.4. The molecule has 30 heavy (non-hydrogen) atoms. The number of hydrogen-bond donors (Lipinski definition) is 4. The van der Waals surface area contributed by atoms with E-state index < -0.39 is 11.0 Å². The van der Waals surface area contributed by atoms with Gasteiger partial charge in [0.25, 0.3) is 0 Å². The van der Waals surface area contributed by atoms with Gasteiger partial charge in [-0.25, -0.2) is 14.9 Å². The molecule has 0 spiro atoms. The van der Waals surface area contributed by atoms with Crippen LogP contribution in [-0.2, 0) is 4.79 Å². The van der Waals surface area contributed by atoms with Crippen molar-refractivity contribution in [3.05, 3.63) is 23.5 Å². The molecular formula is C19H30BrN9O. The van der Waals surface area contributed by atoms with Crippen LogP contribution in [0.3, 0.4) is 0 Å². The first-order chi connectivity index (χ1) is 14.4. The number of aryl methyl sites for hydroxylation is 1. The molecule has 4 atom stereocenters. The highest BCUT2D eigenvalue weighted by Crippen LogP contribution is 2.32. The van der Waals surface area contributed by atoms with Crippen LogP contribution in [0, 0.1) is 6.92 Å². The number of rotatable bonds is 5. The molecule has 2 aliphatic rings. The molecular weight excluding hydrogens is 450 g/mol. The van der Waals surface area contributed by atoms with Crippen molar-refractivity contribution in [1.29, 1.82) is 0 Å². The second-order valence-corrected chi connectivity index (χ2v) is 9.24. The Balaban J connectivity index is 1.63. The van der Waals surface area contributed by atoms with Crippen LogP contribution >= 0.6 is 15.9 Å². The van der Waals surface area contributed by atoms with Gasteiger partial charge in [0.2, 0.25) is 5.91 Å². The molecule has 0 saturated carbocycles. The Morgan fingerprint density at radius 1 is 1.33 bits per heavy atom. The minimum absolute atomic E-state index is 0.125. The van der Waals surface area contributed by atoms with Gasteiger partial charge in [-0.05, 0) is 32.6 Å². The first kappa shape index (κ1) is 21.4. The van der Waals surface area contributed by atoms with Gasteiger partial charge in [0.15, 0.2) is 5.65 Å². The molecule has 2 aromatic heterocycles. The lowest BCUT2D eigenvalue weighted by Gasteiger charge is -2.37. The van der Waals surface area contributed by atoms with Gasteiger partial charge >= 0.3 is 0 Å². The van der Waals surface area contributed by atoms with Gasteiger partial charge in [-0.3, -0.25) is 10.6 Å². The molecule has 4 heterocycles. The lowest BCUT2D eigenvalue weighted by Crippen LogP contribution is -2.55. The summed E-state index contributed by atoms with van der Waals surface area (Å²) in [5, 5.41) is 4.76. The highest BCUT2D eigenvalue weighted by molar-refractivity contribution is 9.09. The maximum Gasteiger partial charge on any atom is 0.242 e. The largest absolute Gasteiger partial charge is 0.355 e. The van der Waals surface area contributed by atoms with E-state index in [-0.39, 0.29) is 18.0 Å². The minimum atomic E-state index is -0.779. The second kappa shape index (κ2) is 8.75. The van der Waals surface area contributed by atoms with E-state index in [1.54, 1.807) is 4.52 Å².